The smallest absolute Gasteiger partial charge is 0.433 e. The van der Waals surface area contributed by atoms with Crippen LogP contribution in [0.25, 0.3) is 11.1 Å². The number of nitrogens with two attached hydrogens (primary N) is 1. The first-order valence-electron chi connectivity index (χ1n) is 8.55. The van der Waals surface area contributed by atoms with Crippen molar-refractivity contribution in [2.45, 2.75) is 12.7 Å². The van der Waals surface area contributed by atoms with Gasteiger partial charge in [0.15, 0.2) is 11.5 Å². The molecule has 0 aliphatic rings. The summed E-state index contributed by atoms with van der Waals surface area (Å²) in [5, 5.41) is 2.93. The van der Waals surface area contributed by atoms with Gasteiger partial charge in [-0.05, 0) is 41.5 Å². The average Bonchev–Trinajstić information content (AvgIpc) is 2.71. The summed E-state index contributed by atoms with van der Waals surface area (Å²) in [7, 11) is 3.03. The van der Waals surface area contributed by atoms with Gasteiger partial charge in [0.05, 0.1) is 26.1 Å². The number of alkyl halides is 3. The van der Waals surface area contributed by atoms with E-state index in [1.54, 1.807) is 24.3 Å². The largest absolute Gasteiger partial charge is 0.493 e. The van der Waals surface area contributed by atoms with Gasteiger partial charge in [-0.25, -0.2) is 4.98 Å². The number of hydrogen-bond acceptors (Lipinski definition) is 6. The van der Waals surface area contributed by atoms with Gasteiger partial charge in [-0.3, -0.25) is 4.98 Å². The van der Waals surface area contributed by atoms with Crippen LogP contribution < -0.4 is 20.5 Å². The van der Waals surface area contributed by atoms with Crippen molar-refractivity contribution in [2.75, 3.05) is 25.3 Å². The molecule has 0 atom stereocenters. The van der Waals surface area contributed by atoms with Gasteiger partial charge in [-0.15, -0.1) is 0 Å². The first kappa shape index (κ1) is 20.2. The van der Waals surface area contributed by atoms with E-state index in [-0.39, 0.29) is 18.1 Å². The molecule has 6 nitrogen and oxygen atoms in total. The minimum absolute atomic E-state index is 0.0702. The summed E-state index contributed by atoms with van der Waals surface area (Å²) in [6.45, 7) is 0.236. The molecule has 0 saturated carbocycles. The van der Waals surface area contributed by atoms with Gasteiger partial charge in [0, 0.05) is 18.3 Å². The van der Waals surface area contributed by atoms with Crippen molar-refractivity contribution in [3.63, 3.8) is 0 Å². The lowest BCUT2D eigenvalue weighted by molar-refractivity contribution is -0.141. The Balaban J connectivity index is 1.93. The fourth-order valence-corrected chi connectivity index (χ4v) is 2.77. The van der Waals surface area contributed by atoms with Gasteiger partial charge in [0.2, 0.25) is 0 Å². The molecule has 1 aromatic carbocycles. The van der Waals surface area contributed by atoms with Crippen LogP contribution in [0.15, 0.2) is 48.8 Å². The molecule has 29 heavy (non-hydrogen) atoms. The van der Waals surface area contributed by atoms with Crippen molar-refractivity contribution in [2.24, 2.45) is 0 Å². The Hall–Kier alpha value is -3.49. The second-order valence-corrected chi connectivity index (χ2v) is 6.13. The zero-order valence-corrected chi connectivity index (χ0v) is 15.7. The third kappa shape index (κ3) is 4.68. The molecular formula is C20H19F3N4O2. The van der Waals surface area contributed by atoms with E-state index in [4.69, 9.17) is 15.2 Å². The number of methoxy groups -OCH3 is 2. The lowest BCUT2D eigenvalue weighted by Crippen LogP contribution is -2.11. The molecule has 3 aromatic rings. The molecule has 2 heterocycles. The second-order valence-electron chi connectivity index (χ2n) is 6.13. The predicted octanol–water partition coefficient (Wildman–Crippen LogP) is 4.37. The normalized spacial score (nSPS) is 11.2. The summed E-state index contributed by atoms with van der Waals surface area (Å²) in [6.07, 6.45) is -1.74. The van der Waals surface area contributed by atoms with E-state index in [1.807, 2.05) is 0 Å². The van der Waals surface area contributed by atoms with Crippen LogP contribution in [0.2, 0.25) is 0 Å². The number of nitrogen functional groups attached to an aromatic ring is 1. The van der Waals surface area contributed by atoms with Crippen LogP contribution in [0.3, 0.4) is 0 Å². The van der Waals surface area contributed by atoms with Crippen LogP contribution in [-0.4, -0.2) is 24.2 Å². The van der Waals surface area contributed by atoms with Gasteiger partial charge in [-0.2, -0.15) is 13.2 Å². The molecule has 0 radical (unpaired) electrons. The predicted molar refractivity (Wildman–Crippen MR) is 104 cm³/mol. The van der Waals surface area contributed by atoms with Crippen LogP contribution in [0.4, 0.5) is 24.7 Å². The van der Waals surface area contributed by atoms with Crippen molar-refractivity contribution in [3.8, 4) is 22.6 Å². The number of halogens is 3. The number of nitrogens with one attached hydrogen (secondary N) is 1. The van der Waals surface area contributed by atoms with Crippen LogP contribution in [0.1, 0.15) is 11.3 Å². The number of anilines is 2. The topological polar surface area (TPSA) is 82.3 Å². The first-order valence-corrected chi connectivity index (χ1v) is 8.55. The van der Waals surface area contributed by atoms with Crippen molar-refractivity contribution >= 4 is 11.5 Å². The van der Waals surface area contributed by atoms with Crippen molar-refractivity contribution in [1.29, 1.82) is 0 Å². The lowest BCUT2D eigenvalue weighted by Gasteiger charge is -2.14. The van der Waals surface area contributed by atoms with Crippen LogP contribution in [0.5, 0.6) is 11.5 Å². The van der Waals surface area contributed by atoms with E-state index in [9.17, 15) is 13.2 Å². The fourth-order valence-electron chi connectivity index (χ4n) is 2.77. The second kappa shape index (κ2) is 8.26. The monoisotopic (exact) mass is 404 g/mol. The maximum absolute atomic E-state index is 13.3. The molecule has 0 spiro atoms. The summed E-state index contributed by atoms with van der Waals surface area (Å²) in [6, 6.07) is 9.28. The van der Waals surface area contributed by atoms with Crippen LogP contribution in [0, 0.1) is 0 Å². The summed E-state index contributed by atoms with van der Waals surface area (Å²) < 4.78 is 50.5. The standard InChI is InChI=1S/C20H19F3N4O2/c1-28-16-4-3-12(7-17(16)29-2)10-26-19-9-13(8-18(27-19)20(21,22)23)14-5-6-25-11-15(14)24/h3-9,11H,10,24H2,1-2H3,(H,26,27). The molecule has 0 bridgehead atoms. The highest BCUT2D eigenvalue weighted by Gasteiger charge is 2.33. The SMILES string of the molecule is COc1ccc(CNc2cc(-c3ccncc3N)cc(C(F)(F)F)n2)cc1OC. The van der Waals surface area contributed by atoms with E-state index in [2.05, 4.69) is 15.3 Å². The quantitative estimate of drug-likeness (QED) is 0.635. The Morgan fingerprint density at radius 3 is 2.45 bits per heavy atom. The first-order chi connectivity index (χ1) is 13.8. The minimum atomic E-state index is -4.60. The number of ether oxygens (including phenoxy) is 2. The van der Waals surface area contributed by atoms with Gasteiger partial charge in [0.1, 0.15) is 11.5 Å². The molecule has 0 aliphatic heterocycles. The van der Waals surface area contributed by atoms with Crippen LogP contribution in [-0.2, 0) is 12.7 Å². The highest BCUT2D eigenvalue weighted by Crippen LogP contribution is 2.34. The third-order valence-corrected chi connectivity index (χ3v) is 4.20. The molecule has 152 valence electrons. The van der Waals surface area contributed by atoms with E-state index >= 15 is 0 Å². The molecular weight excluding hydrogens is 385 g/mol. The molecule has 0 unspecified atom stereocenters. The minimum Gasteiger partial charge on any atom is -0.493 e. The molecule has 3 N–H and O–H groups in total. The number of aromatic nitrogens is 2. The zero-order chi connectivity index (χ0) is 21.0. The third-order valence-electron chi connectivity index (χ3n) is 4.20. The molecule has 3 rings (SSSR count). The average molecular weight is 404 g/mol. The number of benzene rings is 1. The maximum atomic E-state index is 13.3. The summed E-state index contributed by atoms with van der Waals surface area (Å²) in [4.78, 5) is 7.57. The molecule has 0 saturated heterocycles. The Morgan fingerprint density at radius 1 is 1.03 bits per heavy atom. The van der Waals surface area contributed by atoms with E-state index in [0.717, 1.165) is 11.6 Å². The number of pyridine rings is 2. The summed E-state index contributed by atoms with van der Waals surface area (Å²) >= 11 is 0. The van der Waals surface area contributed by atoms with E-state index in [1.165, 1.54) is 32.7 Å². The van der Waals surface area contributed by atoms with Gasteiger partial charge in [0.25, 0.3) is 0 Å². The Morgan fingerprint density at radius 2 is 1.79 bits per heavy atom. The molecule has 0 aliphatic carbocycles. The number of nitrogens with zero attached hydrogens (tertiary/aromatic N) is 2. The van der Waals surface area contributed by atoms with Crippen LogP contribution >= 0.6 is 0 Å². The van der Waals surface area contributed by atoms with E-state index in [0.29, 0.717) is 22.6 Å². The Labute approximate surface area is 165 Å². The maximum Gasteiger partial charge on any atom is 0.433 e. The Kier molecular flexibility index (Phi) is 5.76. The highest BCUT2D eigenvalue weighted by molar-refractivity contribution is 5.77. The molecule has 0 fully saturated rings. The van der Waals surface area contributed by atoms with Gasteiger partial charge in [-0.1, -0.05) is 6.07 Å². The van der Waals surface area contributed by atoms with Crippen molar-refractivity contribution in [1.82, 2.24) is 9.97 Å². The van der Waals surface area contributed by atoms with Crippen molar-refractivity contribution in [3.05, 3.63) is 60.0 Å². The van der Waals surface area contributed by atoms with Crippen molar-refractivity contribution < 1.29 is 22.6 Å². The zero-order valence-electron chi connectivity index (χ0n) is 15.7. The molecule has 9 heteroatoms. The fraction of sp³-hybridized carbons (Fsp3) is 0.200. The number of rotatable bonds is 6. The Bertz CT molecular complexity index is 1010. The highest BCUT2D eigenvalue weighted by atomic mass is 19.4. The number of hydrogen-bond donors (Lipinski definition) is 2. The summed E-state index contributed by atoms with van der Waals surface area (Å²) in [5.74, 6) is 1.15. The van der Waals surface area contributed by atoms with Gasteiger partial charge >= 0.3 is 6.18 Å². The van der Waals surface area contributed by atoms with E-state index < -0.39 is 11.9 Å². The van der Waals surface area contributed by atoms with Gasteiger partial charge < -0.3 is 20.5 Å². The lowest BCUT2D eigenvalue weighted by atomic mass is 10.1. The summed E-state index contributed by atoms with van der Waals surface area (Å²) in [5.41, 5.74) is 6.66. The molecule has 2 aromatic heterocycles. The molecule has 0 amide bonds.